The van der Waals surface area contributed by atoms with Gasteiger partial charge in [-0.1, -0.05) is 11.6 Å². The molecule has 0 saturated heterocycles. The van der Waals surface area contributed by atoms with Crippen LogP contribution in [0.3, 0.4) is 0 Å². The maximum absolute atomic E-state index is 12.1. The molecule has 1 aromatic heterocycles. The summed E-state index contributed by atoms with van der Waals surface area (Å²) in [6.45, 7) is 3.03. The first-order valence-corrected chi connectivity index (χ1v) is 6.27. The number of H-pyrrole nitrogens is 1. The highest BCUT2D eigenvalue weighted by molar-refractivity contribution is 6.31. The third-order valence-electron chi connectivity index (χ3n) is 2.84. The maximum atomic E-state index is 12.1. The molecule has 18 heavy (non-hydrogen) atoms. The molecule has 0 saturated carbocycles. The molecule has 4 N–H and O–H groups in total. The lowest BCUT2D eigenvalue weighted by Crippen LogP contribution is -2.26. The molecule has 0 fully saturated rings. The molecule has 1 amide bonds. The number of nitrogens with two attached hydrogens (primary N) is 1. The molecule has 4 nitrogen and oxygen atoms in total. The normalized spacial score (nSPS) is 10.8. The fourth-order valence-electron chi connectivity index (χ4n) is 1.98. The lowest BCUT2D eigenvalue weighted by Gasteiger charge is -2.04. The van der Waals surface area contributed by atoms with Crippen LogP contribution in [0.15, 0.2) is 18.2 Å². The van der Waals surface area contributed by atoms with Crippen LogP contribution in [0.1, 0.15) is 22.5 Å². The summed E-state index contributed by atoms with van der Waals surface area (Å²) in [4.78, 5) is 15.3. The SMILES string of the molecule is Cc1[nH]c2ccc(Cl)cc2c1C(=O)NCCCN. The number of benzene rings is 1. The van der Waals surface area contributed by atoms with E-state index in [0.717, 1.165) is 23.0 Å². The van der Waals surface area contributed by atoms with E-state index in [-0.39, 0.29) is 5.91 Å². The molecule has 1 aromatic carbocycles. The first-order chi connectivity index (χ1) is 8.63. The second kappa shape index (κ2) is 5.42. The average molecular weight is 266 g/mol. The van der Waals surface area contributed by atoms with Gasteiger partial charge in [0.2, 0.25) is 0 Å². The lowest BCUT2D eigenvalue weighted by atomic mass is 10.1. The first kappa shape index (κ1) is 12.9. The molecule has 0 spiro atoms. The number of carbonyl (C=O) groups is 1. The summed E-state index contributed by atoms with van der Waals surface area (Å²) in [7, 11) is 0. The van der Waals surface area contributed by atoms with Crippen LogP contribution in [-0.4, -0.2) is 24.0 Å². The van der Waals surface area contributed by atoms with Crippen LogP contribution in [0.2, 0.25) is 5.02 Å². The van der Waals surface area contributed by atoms with Crippen molar-refractivity contribution in [3.05, 3.63) is 34.5 Å². The summed E-state index contributed by atoms with van der Waals surface area (Å²) in [5, 5.41) is 4.33. The van der Waals surface area contributed by atoms with Crippen LogP contribution in [0.5, 0.6) is 0 Å². The summed E-state index contributed by atoms with van der Waals surface area (Å²) in [5.41, 5.74) is 7.82. The number of aromatic amines is 1. The Labute approximate surface area is 111 Å². The summed E-state index contributed by atoms with van der Waals surface area (Å²) >= 11 is 5.97. The number of aryl methyl sites for hydroxylation is 1. The average Bonchev–Trinajstić information content (AvgIpc) is 2.64. The smallest absolute Gasteiger partial charge is 0.253 e. The van der Waals surface area contributed by atoms with Gasteiger partial charge in [0.15, 0.2) is 0 Å². The molecule has 0 aliphatic carbocycles. The molecule has 2 rings (SSSR count). The number of nitrogens with one attached hydrogen (secondary N) is 2. The van der Waals surface area contributed by atoms with Crippen LogP contribution >= 0.6 is 11.6 Å². The van der Waals surface area contributed by atoms with Gasteiger partial charge in [-0.05, 0) is 38.1 Å². The van der Waals surface area contributed by atoms with Crippen molar-refractivity contribution in [3.63, 3.8) is 0 Å². The number of carbonyl (C=O) groups excluding carboxylic acids is 1. The highest BCUT2D eigenvalue weighted by atomic mass is 35.5. The Morgan fingerprint density at radius 3 is 3.00 bits per heavy atom. The van der Waals surface area contributed by atoms with E-state index in [1.54, 1.807) is 12.1 Å². The number of hydrogen-bond acceptors (Lipinski definition) is 2. The van der Waals surface area contributed by atoms with Gasteiger partial charge in [0.05, 0.1) is 5.56 Å². The van der Waals surface area contributed by atoms with Crippen molar-refractivity contribution in [2.24, 2.45) is 5.73 Å². The zero-order valence-electron chi connectivity index (χ0n) is 10.2. The van der Waals surface area contributed by atoms with Crippen molar-refractivity contribution >= 4 is 28.4 Å². The van der Waals surface area contributed by atoms with E-state index in [4.69, 9.17) is 17.3 Å². The molecule has 96 valence electrons. The highest BCUT2D eigenvalue weighted by Gasteiger charge is 2.15. The second-order valence-electron chi connectivity index (χ2n) is 4.21. The Morgan fingerprint density at radius 2 is 2.28 bits per heavy atom. The molecule has 0 atom stereocenters. The van der Waals surface area contributed by atoms with E-state index < -0.39 is 0 Å². The molecule has 5 heteroatoms. The predicted molar refractivity (Wildman–Crippen MR) is 74.1 cm³/mol. The highest BCUT2D eigenvalue weighted by Crippen LogP contribution is 2.25. The van der Waals surface area contributed by atoms with Crippen molar-refractivity contribution in [3.8, 4) is 0 Å². The van der Waals surface area contributed by atoms with E-state index in [9.17, 15) is 4.79 Å². The van der Waals surface area contributed by atoms with E-state index in [0.29, 0.717) is 23.7 Å². The molecule has 1 heterocycles. The van der Waals surface area contributed by atoms with Gasteiger partial charge in [-0.25, -0.2) is 0 Å². The standard InChI is InChI=1S/C13H16ClN3O/c1-8-12(13(18)16-6-2-5-15)10-7-9(14)3-4-11(10)17-8/h3-4,7,17H,2,5-6,15H2,1H3,(H,16,18). The zero-order chi connectivity index (χ0) is 13.1. The Bertz CT molecular complexity index is 577. The second-order valence-corrected chi connectivity index (χ2v) is 4.65. The number of amides is 1. The van der Waals surface area contributed by atoms with E-state index in [1.807, 2.05) is 13.0 Å². The minimum absolute atomic E-state index is 0.0885. The summed E-state index contributed by atoms with van der Waals surface area (Å²) in [6, 6.07) is 5.48. The Balaban J connectivity index is 2.34. The fourth-order valence-corrected chi connectivity index (χ4v) is 2.16. The molecule has 0 unspecified atom stereocenters. The molecular weight excluding hydrogens is 250 g/mol. The largest absolute Gasteiger partial charge is 0.358 e. The third kappa shape index (κ3) is 2.49. The van der Waals surface area contributed by atoms with Gasteiger partial charge in [0.1, 0.15) is 0 Å². The first-order valence-electron chi connectivity index (χ1n) is 5.89. The van der Waals surface area contributed by atoms with Gasteiger partial charge in [0, 0.05) is 28.2 Å². The maximum Gasteiger partial charge on any atom is 0.253 e. The van der Waals surface area contributed by atoms with E-state index >= 15 is 0 Å². The number of hydrogen-bond donors (Lipinski definition) is 3. The Kier molecular flexibility index (Phi) is 3.89. The minimum atomic E-state index is -0.0885. The zero-order valence-corrected chi connectivity index (χ0v) is 11.0. The van der Waals surface area contributed by atoms with E-state index in [1.165, 1.54) is 0 Å². The van der Waals surface area contributed by atoms with Gasteiger partial charge in [-0.3, -0.25) is 4.79 Å². The topological polar surface area (TPSA) is 70.9 Å². The van der Waals surface area contributed by atoms with Crippen molar-refractivity contribution in [1.29, 1.82) is 0 Å². The minimum Gasteiger partial charge on any atom is -0.358 e. The fraction of sp³-hybridized carbons (Fsp3) is 0.308. The van der Waals surface area contributed by atoms with Gasteiger partial charge in [0.25, 0.3) is 5.91 Å². The summed E-state index contributed by atoms with van der Waals surface area (Å²) in [5.74, 6) is -0.0885. The molecule has 0 aliphatic heterocycles. The lowest BCUT2D eigenvalue weighted by molar-refractivity contribution is 0.0954. The van der Waals surface area contributed by atoms with Crippen LogP contribution < -0.4 is 11.1 Å². The van der Waals surface area contributed by atoms with Crippen LogP contribution in [0.4, 0.5) is 0 Å². The van der Waals surface area contributed by atoms with E-state index in [2.05, 4.69) is 10.3 Å². The number of aromatic nitrogens is 1. The quantitative estimate of drug-likeness (QED) is 0.742. The molecular formula is C13H16ClN3O. The third-order valence-corrected chi connectivity index (χ3v) is 3.08. The Hall–Kier alpha value is -1.52. The van der Waals surface area contributed by atoms with Gasteiger partial charge in [-0.2, -0.15) is 0 Å². The molecule has 0 bridgehead atoms. The van der Waals surface area contributed by atoms with Crippen molar-refractivity contribution < 1.29 is 4.79 Å². The van der Waals surface area contributed by atoms with Crippen LogP contribution in [-0.2, 0) is 0 Å². The monoisotopic (exact) mass is 265 g/mol. The number of rotatable bonds is 4. The van der Waals surface area contributed by atoms with Crippen LogP contribution in [0.25, 0.3) is 10.9 Å². The van der Waals surface area contributed by atoms with Crippen LogP contribution in [0, 0.1) is 6.92 Å². The summed E-state index contributed by atoms with van der Waals surface area (Å²) < 4.78 is 0. The summed E-state index contributed by atoms with van der Waals surface area (Å²) in [6.07, 6.45) is 0.772. The predicted octanol–water partition coefficient (Wildman–Crippen LogP) is 2.21. The van der Waals surface area contributed by atoms with Crippen molar-refractivity contribution in [2.45, 2.75) is 13.3 Å². The van der Waals surface area contributed by atoms with Crippen molar-refractivity contribution in [1.82, 2.24) is 10.3 Å². The number of halogens is 1. The Morgan fingerprint density at radius 1 is 1.50 bits per heavy atom. The van der Waals surface area contributed by atoms with Gasteiger partial charge >= 0.3 is 0 Å². The molecule has 2 aromatic rings. The molecule has 0 radical (unpaired) electrons. The van der Waals surface area contributed by atoms with Crippen molar-refractivity contribution in [2.75, 3.05) is 13.1 Å². The molecule has 0 aliphatic rings. The van der Waals surface area contributed by atoms with Gasteiger partial charge < -0.3 is 16.0 Å². The van der Waals surface area contributed by atoms with Gasteiger partial charge in [-0.15, -0.1) is 0 Å². The number of fused-ring (bicyclic) bond motifs is 1.